The lowest BCUT2D eigenvalue weighted by Crippen LogP contribution is -2.45. The monoisotopic (exact) mass is 746 g/mol. The molecule has 0 radical (unpaired) electrons. The third-order valence-corrected chi connectivity index (χ3v) is 10.7. The molecule has 0 saturated heterocycles. The molecule has 0 aliphatic rings. The zero-order valence-electron chi connectivity index (χ0n) is 34.4. The number of unbranched alkanes of at least 4 members (excludes halogenated alkanes) is 26. The van der Waals surface area contributed by atoms with Crippen molar-refractivity contribution in [3.8, 4) is 0 Å². The van der Waals surface area contributed by atoms with E-state index in [4.69, 9.17) is 9.05 Å². The molecule has 0 fully saturated rings. The number of aliphatic hydroxyl groups excluding tert-OH is 1. The van der Waals surface area contributed by atoms with E-state index in [9.17, 15) is 19.4 Å². The van der Waals surface area contributed by atoms with Crippen LogP contribution in [0.4, 0.5) is 0 Å². The molecule has 0 saturated carbocycles. The van der Waals surface area contributed by atoms with E-state index in [0.29, 0.717) is 17.4 Å². The second-order valence-electron chi connectivity index (χ2n) is 16.1. The van der Waals surface area contributed by atoms with E-state index in [-0.39, 0.29) is 19.1 Å². The first-order valence-corrected chi connectivity index (χ1v) is 23.1. The largest absolute Gasteiger partial charge is 0.472 e. The van der Waals surface area contributed by atoms with Gasteiger partial charge < -0.3 is 19.8 Å². The molecule has 304 valence electrons. The Morgan fingerprint density at radius 1 is 0.647 bits per heavy atom. The van der Waals surface area contributed by atoms with E-state index < -0.39 is 20.0 Å². The van der Waals surface area contributed by atoms with Crippen LogP contribution in [0.15, 0.2) is 12.2 Å². The Kier molecular flexibility index (Phi) is 34.5. The van der Waals surface area contributed by atoms with Gasteiger partial charge in [0.15, 0.2) is 0 Å². The number of allylic oxidation sites excluding steroid dienone is 1. The summed E-state index contributed by atoms with van der Waals surface area (Å²) in [4.78, 5) is 22.6. The Morgan fingerprint density at radius 3 is 1.45 bits per heavy atom. The lowest BCUT2D eigenvalue weighted by Gasteiger charge is -2.25. The standard InChI is InChI=1S/C42H85N2O6P/c1-6-8-10-11-12-13-14-15-16-17-18-19-20-21-22-23-24-25-26-27-28-29-30-31-32-34-35-41(45)40(43-42(46)36-33-9-7-2)39-50-51(47,48)49-38-37-44(3,4)5/h34-35,40-41,45H,6-33,36-39H2,1-5H3,(H-,43,46,47,48)/p+1/b35-34+. The predicted octanol–water partition coefficient (Wildman–Crippen LogP) is 11.6. The van der Waals surface area contributed by atoms with Crippen LogP contribution in [-0.4, -0.2) is 73.4 Å². The van der Waals surface area contributed by atoms with Crippen molar-refractivity contribution in [2.75, 3.05) is 40.9 Å². The molecule has 0 aromatic rings. The Hall–Kier alpha value is -0.760. The summed E-state index contributed by atoms with van der Waals surface area (Å²) in [7, 11) is 1.57. The number of carbonyl (C=O) groups is 1. The van der Waals surface area contributed by atoms with Crippen molar-refractivity contribution in [1.82, 2.24) is 5.32 Å². The molecular weight excluding hydrogens is 659 g/mol. The van der Waals surface area contributed by atoms with E-state index in [0.717, 1.165) is 32.1 Å². The summed E-state index contributed by atoms with van der Waals surface area (Å²) in [5, 5.41) is 13.6. The zero-order valence-corrected chi connectivity index (χ0v) is 35.3. The fourth-order valence-corrected chi connectivity index (χ4v) is 7.01. The van der Waals surface area contributed by atoms with Crippen molar-refractivity contribution in [3.05, 3.63) is 12.2 Å². The Bertz CT molecular complexity index is 850. The molecule has 0 spiro atoms. The summed E-state index contributed by atoms with van der Waals surface area (Å²) in [6, 6.07) is -0.836. The number of phosphoric acid groups is 1. The van der Waals surface area contributed by atoms with Crippen LogP contribution in [0.3, 0.4) is 0 Å². The highest BCUT2D eigenvalue weighted by Gasteiger charge is 2.27. The minimum Gasteiger partial charge on any atom is -0.387 e. The van der Waals surface area contributed by atoms with Crippen molar-refractivity contribution >= 4 is 13.7 Å². The van der Waals surface area contributed by atoms with Gasteiger partial charge in [0.05, 0.1) is 39.9 Å². The molecule has 3 unspecified atom stereocenters. The van der Waals surface area contributed by atoms with Gasteiger partial charge in [-0.05, 0) is 19.3 Å². The van der Waals surface area contributed by atoms with E-state index in [1.165, 1.54) is 148 Å². The molecule has 0 aliphatic carbocycles. The Balaban J connectivity index is 3.93. The van der Waals surface area contributed by atoms with Crippen molar-refractivity contribution in [3.63, 3.8) is 0 Å². The molecule has 8 nitrogen and oxygen atoms in total. The van der Waals surface area contributed by atoms with Gasteiger partial charge >= 0.3 is 7.82 Å². The first-order valence-electron chi connectivity index (χ1n) is 21.6. The fraction of sp³-hybridized carbons (Fsp3) is 0.929. The van der Waals surface area contributed by atoms with Gasteiger partial charge in [0.25, 0.3) is 0 Å². The minimum atomic E-state index is -4.31. The number of rotatable bonds is 39. The van der Waals surface area contributed by atoms with Crippen molar-refractivity contribution in [1.29, 1.82) is 0 Å². The highest BCUT2D eigenvalue weighted by molar-refractivity contribution is 7.47. The van der Waals surface area contributed by atoms with Gasteiger partial charge in [-0.3, -0.25) is 13.8 Å². The number of hydrogen-bond donors (Lipinski definition) is 3. The SMILES string of the molecule is CCCCCCCCCCCCCCCCCCCCCCCCCC/C=C/C(O)C(COP(=O)(O)OCC[N+](C)(C)C)NC(=O)CCCCC. The van der Waals surface area contributed by atoms with Gasteiger partial charge in [0.2, 0.25) is 5.91 Å². The molecule has 0 rings (SSSR count). The van der Waals surface area contributed by atoms with E-state index in [1.807, 2.05) is 27.2 Å². The van der Waals surface area contributed by atoms with E-state index in [2.05, 4.69) is 19.2 Å². The number of amides is 1. The summed E-state index contributed by atoms with van der Waals surface area (Å²) < 4.78 is 23.3. The van der Waals surface area contributed by atoms with Crippen molar-refractivity contribution < 1.29 is 32.9 Å². The number of nitrogens with one attached hydrogen (secondary N) is 1. The van der Waals surface area contributed by atoms with Crippen LogP contribution in [0.5, 0.6) is 0 Å². The second-order valence-corrected chi connectivity index (χ2v) is 17.5. The second kappa shape index (κ2) is 35.0. The number of likely N-dealkylation sites (N-methyl/N-ethyl adjacent to an activating group) is 1. The normalized spacial score (nSPS) is 14.6. The van der Waals surface area contributed by atoms with Gasteiger partial charge in [-0.25, -0.2) is 4.57 Å². The van der Waals surface area contributed by atoms with E-state index >= 15 is 0 Å². The molecule has 0 aromatic carbocycles. The third-order valence-electron chi connectivity index (χ3n) is 9.76. The number of hydrogen-bond acceptors (Lipinski definition) is 5. The molecule has 3 N–H and O–H groups in total. The average molecular weight is 746 g/mol. The van der Waals surface area contributed by atoms with Crippen LogP contribution >= 0.6 is 7.82 Å². The van der Waals surface area contributed by atoms with E-state index in [1.54, 1.807) is 6.08 Å². The van der Waals surface area contributed by atoms with Crippen molar-refractivity contribution in [2.24, 2.45) is 0 Å². The van der Waals surface area contributed by atoms with Crippen molar-refractivity contribution in [2.45, 2.75) is 212 Å². The quantitative estimate of drug-likeness (QED) is 0.0250. The lowest BCUT2D eigenvalue weighted by molar-refractivity contribution is -0.870. The Labute approximate surface area is 316 Å². The highest BCUT2D eigenvalue weighted by Crippen LogP contribution is 2.43. The van der Waals surface area contributed by atoms with Crippen LogP contribution in [0.2, 0.25) is 0 Å². The number of carbonyl (C=O) groups excluding carboxylic acids is 1. The summed E-state index contributed by atoms with van der Waals surface area (Å²) in [5.74, 6) is -0.201. The molecule has 0 heterocycles. The topological polar surface area (TPSA) is 105 Å². The number of aliphatic hydroxyl groups is 1. The summed E-state index contributed by atoms with van der Waals surface area (Å²) in [5.41, 5.74) is 0. The fourth-order valence-electron chi connectivity index (χ4n) is 6.28. The summed E-state index contributed by atoms with van der Waals surface area (Å²) in [6.07, 6.45) is 39.5. The molecular formula is C42H86N2O6P+. The molecule has 51 heavy (non-hydrogen) atoms. The van der Waals surface area contributed by atoms with Gasteiger partial charge in [0, 0.05) is 6.42 Å². The highest BCUT2D eigenvalue weighted by atomic mass is 31.2. The minimum absolute atomic E-state index is 0.0629. The van der Waals surface area contributed by atoms with Crippen LogP contribution in [-0.2, 0) is 18.4 Å². The summed E-state index contributed by atoms with van der Waals surface area (Å²) in [6.45, 7) is 4.65. The first-order chi connectivity index (χ1) is 24.5. The third kappa shape index (κ3) is 37.4. The zero-order chi connectivity index (χ0) is 37.9. The van der Waals surface area contributed by atoms with Crippen LogP contribution < -0.4 is 5.32 Å². The average Bonchev–Trinajstić information content (AvgIpc) is 3.07. The number of quaternary nitrogens is 1. The summed E-state index contributed by atoms with van der Waals surface area (Å²) >= 11 is 0. The van der Waals surface area contributed by atoms with Gasteiger partial charge in [-0.1, -0.05) is 187 Å². The molecule has 3 atom stereocenters. The Morgan fingerprint density at radius 2 is 1.04 bits per heavy atom. The maximum atomic E-state index is 12.5. The van der Waals surface area contributed by atoms with Gasteiger partial charge in [0.1, 0.15) is 13.2 Å². The van der Waals surface area contributed by atoms with Crippen LogP contribution in [0, 0.1) is 0 Å². The molecule has 0 bridgehead atoms. The van der Waals surface area contributed by atoms with Crippen LogP contribution in [0.25, 0.3) is 0 Å². The first kappa shape index (κ1) is 50.2. The maximum absolute atomic E-state index is 12.5. The molecule has 0 aliphatic heterocycles. The maximum Gasteiger partial charge on any atom is 0.472 e. The molecule has 0 aromatic heterocycles. The molecule has 1 amide bonds. The number of phosphoric ester groups is 1. The van der Waals surface area contributed by atoms with Gasteiger partial charge in [-0.2, -0.15) is 0 Å². The predicted molar refractivity (Wildman–Crippen MR) is 217 cm³/mol. The van der Waals surface area contributed by atoms with Gasteiger partial charge in [-0.15, -0.1) is 0 Å². The van der Waals surface area contributed by atoms with Crippen LogP contribution in [0.1, 0.15) is 200 Å². The smallest absolute Gasteiger partial charge is 0.387 e. The lowest BCUT2D eigenvalue weighted by atomic mass is 10.0. The number of nitrogens with zero attached hydrogens (tertiary/aromatic N) is 1. The molecule has 9 heteroatoms.